The molecule has 3 nitrogen and oxygen atoms in total. The van der Waals surface area contributed by atoms with Crippen molar-refractivity contribution in [3.63, 3.8) is 0 Å². The fourth-order valence-corrected chi connectivity index (χ4v) is 1.58. The number of hydrogen-bond acceptors (Lipinski definition) is 2. The number of rotatable bonds is 2. The Labute approximate surface area is 76.0 Å². The first-order valence-electron chi connectivity index (χ1n) is 3.68. The van der Waals surface area contributed by atoms with Gasteiger partial charge in [0.1, 0.15) is 0 Å². The second-order valence-electron chi connectivity index (χ2n) is 2.54. The van der Waals surface area contributed by atoms with Crippen molar-refractivity contribution in [2.45, 2.75) is 6.54 Å². The van der Waals surface area contributed by atoms with Gasteiger partial charge in [0.25, 0.3) is 0 Å². The van der Waals surface area contributed by atoms with Crippen LogP contribution in [0.2, 0.25) is 0 Å². The highest BCUT2D eigenvalue weighted by Crippen LogP contribution is 2.07. The van der Waals surface area contributed by atoms with Gasteiger partial charge < -0.3 is 10.2 Å². The first kappa shape index (κ1) is 9.06. The summed E-state index contributed by atoms with van der Waals surface area (Å²) in [6, 6.07) is 1.96. The highest BCUT2D eigenvalue weighted by atomic mass is 32.1. The van der Waals surface area contributed by atoms with Crippen molar-refractivity contribution >= 4 is 17.4 Å². The molecule has 0 atom stereocenters. The lowest BCUT2D eigenvalue weighted by Gasteiger charge is -2.14. The Kier molecular flexibility index (Phi) is 3.10. The van der Waals surface area contributed by atoms with Crippen LogP contribution < -0.4 is 5.32 Å². The van der Waals surface area contributed by atoms with Gasteiger partial charge >= 0.3 is 6.03 Å². The van der Waals surface area contributed by atoms with Gasteiger partial charge in [0.15, 0.2) is 0 Å². The summed E-state index contributed by atoms with van der Waals surface area (Å²) in [5, 5.41) is 6.62. The number of urea groups is 1. The van der Waals surface area contributed by atoms with Crippen LogP contribution in [0.25, 0.3) is 0 Å². The van der Waals surface area contributed by atoms with E-state index in [0.29, 0.717) is 6.54 Å². The van der Waals surface area contributed by atoms with Gasteiger partial charge in [-0.05, 0) is 22.4 Å². The van der Waals surface area contributed by atoms with Gasteiger partial charge in [0.2, 0.25) is 0 Å². The largest absolute Gasteiger partial charge is 0.341 e. The maximum atomic E-state index is 11.1. The molecule has 66 valence electrons. The number of thiophene rings is 1. The van der Waals surface area contributed by atoms with Crippen molar-refractivity contribution in [2.24, 2.45) is 0 Å². The SMILES string of the molecule is CNC(=O)N(C)Cc1ccsc1. The third-order valence-electron chi connectivity index (χ3n) is 1.56. The van der Waals surface area contributed by atoms with E-state index in [1.165, 1.54) is 5.56 Å². The number of nitrogens with one attached hydrogen (secondary N) is 1. The van der Waals surface area contributed by atoms with E-state index in [-0.39, 0.29) is 6.03 Å². The van der Waals surface area contributed by atoms with Gasteiger partial charge in [-0.25, -0.2) is 4.79 Å². The van der Waals surface area contributed by atoms with E-state index in [4.69, 9.17) is 0 Å². The standard InChI is InChI=1S/C8H12N2OS/c1-9-8(11)10(2)5-7-3-4-12-6-7/h3-4,6H,5H2,1-2H3,(H,9,11). The molecule has 0 aliphatic carbocycles. The zero-order valence-corrected chi connectivity index (χ0v) is 8.02. The van der Waals surface area contributed by atoms with Gasteiger partial charge in [-0.2, -0.15) is 11.3 Å². The summed E-state index contributed by atoms with van der Waals surface area (Å²) in [5.41, 5.74) is 1.17. The molecule has 0 saturated heterocycles. The molecule has 2 amide bonds. The van der Waals surface area contributed by atoms with Crippen molar-refractivity contribution in [2.75, 3.05) is 14.1 Å². The smallest absolute Gasteiger partial charge is 0.317 e. The van der Waals surface area contributed by atoms with Crippen LogP contribution in [0.15, 0.2) is 16.8 Å². The topological polar surface area (TPSA) is 32.3 Å². The van der Waals surface area contributed by atoms with Crippen LogP contribution in [0.5, 0.6) is 0 Å². The molecule has 1 N–H and O–H groups in total. The predicted octanol–water partition coefficient (Wildman–Crippen LogP) is 1.52. The van der Waals surface area contributed by atoms with Crippen LogP contribution in [-0.4, -0.2) is 25.0 Å². The summed E-state index contributed by atoms with van der Waals surface area (Å²) in [7, 11) is 3.41. The molecular formula is C8H12N2OS. The highest BCUT2D eigenvalue weighted by molar-refractivity contribution is 7.07. The summed E-state index contributed by atoms with van der Waals surface area (Å²) in [6.45, 7) is 0.670. The van der Waals surface area contributed by atoms with Crippen molar-refractivity contribution in [3.05, 3.63) is 22.4 Å². The van der Waals surface area contributed by atoms with E-state index in [1.807, 2.05) is 16.8 Å². The number of nitrogens with zero attached hydrogens (tertiary/aromatic N) is 1. The molecule has 1 aromatic heterocycles. The first-order chi connectivity index (χ1) is 5.74. The molecule has 0 aliphatic heterocycles. The van der Waals surface area contributed by atoms with Crippen LogP contribution >= 0.6 is 11.3 Å². The van der Waals surface area contributed by atoms with Crippen LogP contribution in [0.4, 0.5) is 4.79 Å². The minimum atomic E-state index is -0.0544. The summed E-state index contributed by atoms with van der Waals surface area (Å²) < 4.78 is 0. The average molecular weight is 184 g/mol. The Hall–Kier alpha value is -1.03. The van der Waals surface area contributed by atoms with Crippen LogP contribution in [0.1, 0.15) is 5.56 Å². The molecule has 0 spiro atoms. The van der Waals surface area contributed by atoms with Crippen molar-refractivity contribution in [1.29, 1.82) is 0 Å². The summed E-state index contributed by atoms with van der Waals surface area (Å²) >= 11 is 1.64. The Morgan fingerprint density at radius 2 is 2.50 bits per heavy atom. The number of hydrogen-bond donors (Lipinski definition) is 1. The molecule has 0 aliphatic rings. The lowest BCUT2D eigenvalue weighted by Crippen LogP contribution is -2.34. The molecule has 0 radical (unpaired) electrons. The molecule has 1 heterocycles. The minimum absolute atomic E-state index is 0.0544. The van der Waals surface area contributed by atoms with Crippen LogP contribution in [-0.2, 0) is 6.54 Å². The predicted molar refractivity (Wildman–Crippen MR) is 50.2 cm³/mol. The van der Waals surface area contributed by atoms with E-state index in [9.17, 15) is 4.79 Å². The third-order valence-corrected chi connectivity index (χ3v) is 2.29. The monoisotopic (exact) mass is 184 g/mol. The van der Waals surface area contributed by atoms with E-state index >= 15 is 0 Å². The van der Waals surface area contributed by atoms with Gasteiger partial charge in [-0.1, -0.05) is 0 Å². The Morgan fingerprint density at radius 3 is 3.00 bits per heavy atom. The van der Waals surface area contributed by atoms with Crippen molar-refractivity contribution < 1.29 is 4.79 Å². The van der Waals surface area contributed by atoms with Crippen molar-refractivity contribution in [3.8, 4) is 0 Å². The van der Waals surface area contributed by atoms with E-state index in [2.05, 4.69) is 5.32 Å². The molecule has 12 heavy (non-hydrogen) atoms. The van der Waals surface area contributed by atoms with Gasteiger partial charge in [0.05, 0.1) is 0 Å². The molecule has 1 rings (SSSR count). The fourth-order valence-electron chi connectivity index (χ4n) is 0.919. The molecule has 0 unspecified atom stereocenters. The summed E-state index contributed by atoms with van der Waals surface area (Å²) in [6.07, 6.45) is 0. The van der Waals surface area contributed by atoms with Gasteiger partial charge in [0, 0.05) is 20.6 Å². The molecule has 0 saturated carbocycles. The quantitative estimate of drug-likeness (QED) is 0.742. The molecule has 0 fully saturated rings. The van der Waals surface area contributed by atoms with Gasteiger partial charge in [-0.3, -0.25) is 0 Å². The maximum absolute atomic E-state index is 11.1. The number of amides is 2. The Bertz CT molecular complexity index is 246. The summed E-state index contributed by atoms with van der Waals surface area (Å²) in [5.74, 6) is 0. The lowest BCUT2D eigenvalue weighted by molar-refractivity contribution is 0.209. The van der Waals surface area contributed by atoms with Gasteiger partial charge in [-0.15, -0.1) is 0 Å². The second-order valence-corrected chi connectivity index (χ2v) is 3.32. The number of carbonyl (C=O) groups is 1. The lowest BCUT2D eigenvalue weighted by atomic mass is 10.3. The maximum Gasteiger partial charge on any atom is 0.317 e. The fraction of sp³-hybridized carbons (Fsp3) is 0.375. The van der Waals surface area contributed by atoms with Crippen LogP contribution in [0, 0.1) is 0 Å². The minimum Gasteiger partial charge on any atom is -0.341 e. The zero-order chi connectivity index (χ0) is 8.97. The molecule has 0 bridgehead atoms. The number of carbonyl (C=O) groups excluding carboxylic acids is 1. The molecular weight excluding hydrogens is 172 g/mol. The van der Waals surface area contributed by atoms with E-state index in [0.717, 1.165) is 0 Å². The third kappa shape index (κ3) is 2.23. The van der Waals surface area contributed by atoms with E-state index in [1.54, 1.807) is 30.3 Å². The first-order valence-corrected chi connectivity index (χ1v) is 4.62. The Balaban J connectivity index is 2.47. The highest BCUT2D eigenvalue weighted by Gasteiger charge is 2.05. The molecule has 4 heteroatoms. The normalized spacial score (nSPS) is 9.50. The molecule has 0 aromatic carbocycles. The molecule has 1 aromatic rings. The Morgan fingerprint density at radius 1 is 1.75 bits per heavy atom. The summed E-state index contributed by atoms with van der Waals surface area (Å²) in [4.78, 5) is 12.7. The van der Waals surface area contributed by atoms with Crippen molar-refractivity contribution in [1.82, 2.24) is 10.2 Å². The average Bonchev–Trinajstić information content (AvgIpc) is 2.55. The van der Waals surface area contributed by atoms with E-state index < -0.39 is 0 Å². The van der Waals surface area contributed by atoms with Crippen LogP contribution in [0.3, 0.4) is 0 Å². The zero-order valence-electron chi connectivity index (χ0n) is 7.20. The second kappa shape index (κ2) is 4.11.